The molecule has 11 heavy (non-hydrogen) atoms. The Balaban J connectivity index is 4.66. The van der Waals surface area contributed by atoms with E-state index in [-0.39, 0.29) is 5.57 Å². The number of aliphatic hydroxyl groups excluding tert-OH is 1. The van der Waals surface area contributed by atoms with E-state index in [9.17, 15) is 9.59 Å². The van der Waals surface area contributed by atoms with E-state index in [1.165, 1.54) is 21.0 Å². The summed E-state index contributed by atoms with van der Waals surface area (Å²) in [5.41, 5.74) is -0.0694. The lowest BCUT2D eigenvalue weighted by molar-refractivity contribution is -0.136. The molecule has 0 aromatic carbocycles. The number of ether oxygens (including phenoxy) is 1. The maximum atomic E-state index is 10.7. The van der Waals surface area contributed by atoms with Crippen molar-refractivity contribution in [1.29, 1.82) is 0 Å². The zero-order valence-electron chi connectivity index (χ0n) is 6.67. The van der Waals surface area contributed by atoms with E-state index in [0.29, 0.717) is 0 Å². The molecule has 0 saturated heterocycles. The highest BCUT2D eigenvalue weighted by atomic mass is 16.5. The lowest BCUT2D eigenvalue weighted by atomic mass is 10.2. The molecule has 0 bridgehead atoms. The summed E-state index contributed by atoms with van der Waals surface area (Å²) in [6.07, 6.45) is 0. The van der Waals surface area contributed by atoms with Crippen LogP contribution in [0.15, 0.2) is 11.3 Å². The van der Waals surface area contributed by atoms with Gasteiger partial charge in [-0.15, -0.1) is 0 Å². The predicted molar refractivity (Wildman–Crippen MR) is 38.0 cm³/mol. The number of hydrogen-bond donors (Lipinski definition) is 1. The topological polar surface area (TPSA) is 63.6 Å². The minimum Gasteiger partial charge on any atom is -0.504 e. The molecule has 0 aliphatic heterocycles. The van der Waals surface area contributed by atoms with Crippen LogP contribution in [0, 0.1) is 0 Å². The van der Waals surface area contributed by atoms with Gasteiger partial charge in [-0.1, -0.05) is 0 Å². The third kappa shape index (κ3) is 2.41. The number of rotatable bonds is 2. The number of esters is 1. The Hall–Kier alpha value is -1.32. The molecule has 0 aliphatic rings. The van der Waals surface area contributed by atoms with E-state index < -0.39 is 17.5 Å². The third-order valence-corrected chi connectivity index (χ3v) is 1.18. The number of carbonyl (C=O) groups is 2. The Bertz CT molecular complexity index is 214. The van der Waals surface area contributed by atoms with E-state index in [2.05, 4.69) is 4.74 Å². The van der Waals surface area contributed by atoms with Crippen molar-refractivity contribution in [2.24, 2.45) is 0 Å². The van der Waals surface area contributed by atoms with E-state index in [1.807, 2.05) is 0 Å². The summed E-state index contributed by atoms with van der Waals surface area (Å²) in [4.78, 5) is 21.2. The van der Waals surface area contributed by atoms with Crippen molar-refractivity contribution in [3.8, 4) is 0 Å². The monoisotopic (exact) mass is 158 g/mol. The van der Waals surface area contributed by atoms with Crippen molar-refractivity contribution in [2.75, 3.05) is 7.11 Å². The summed E-state index contributed by atoms with van der Waals surface area (Å²) in [5, 5.41) is 8.93. The average molecular weight is 158 g/mol. The van der Waals surface area contributed by atoms with Crippen molar-refractivity contribution in [2.45, 2.75) is 13.8 Å². The summed E-state index contributed by atoms with van der Waals surface area (Å²) >= 11 is 0. The number of ketones is 1. The maximum Gasteiger partial charge on any atom is 0.337 e. The molecular formula is C7H10O4. The van der Waals surface area contributed by atoms with Gasteiger partial charge in [-0.2, -0.15) is 0 Å². The van der Waals surface area contributed by atoms with Gasteiger partial charge in [0.05, 0.1) is 12.7 Å². The summed E-state index contributed by atoms with van der Waals surface area (Å²) in [6, 6.07) is 0. The SMILES string of the molecule is COC(=O)/C(C)=C(\O)C(C)=O. The third-order valence-electron chi connectivity index (χ3n) is 1.18. The maximum absolute atomic E-state index is 10.7. The number of hydrogen-bond acceptors (Lipinski definition) is 4. The van der Waals surface area contributed by atoms with Gasteiger partial charge in [0, 0.05) is 6.92 Å². The minimum absolute atomic E-state index is 0.0694. The second-order valence-corrected chi connectivity index (χ2v) is 2.02. The van der Waals surface area contributed by atoms with Crippen LogP contribution in [0.25, 0.3) is 0 Å². The van der Waals surface area contributed by atoms with Crippen LogP contribution in [0.1, 0.15) is 13.8 Å². The van der Waals surface area contributed by atoms with Crippen molar-refractivity contribution >= 4 is 11.8 Å². The van der Waals surface area contributed by atoms with E-state index in [1.54, 1.807) is 0 Å². The summed E-state index contributed by atoms with van der Waals surface area (Å²) in [7, 11) is 1.18. The second kappa shape index (κ2) is 3.75. The van der Waals surface area contributed by atoms with E-state index in [0.717, 1.165) is 0 Å². The number of Topliss-reactive ketones (excluding diaryl/α,β-unsaturated/α-hetero) is 1. The van der Waals surface area contributed by atoms with Crippen LogP contribution in [0.2, 0.25) is 0 Å². The first-order chi connectivity index (χ1) is 5.00. The first-order valence-electron chi connectivity index (χ1n) is 2.99. The zero-order chi connectivity index (χ0) is 9.02. The number of allylic oxidation sites excluding steroid dienone is 1. The molecule has 0 rings (SSSR count). The fourth-order valence-corrected chi connectivity index (χ4v) is 0.514. The van der Waals surface area contributed by atoms with Crippen LogP contribution >= 0.6 is 0 Å². The van der Waals surface area contributed by atoms with Gasteiger partial charge < -0.3 is 9.84 Å². The van der Waals surface area contributed by atoms with E-state index in [4.69, 9.17) is 5.11 Å². The zero-order valence-corrected chi connectivity index (χ0v) is 6.67. The van der Waals surface area contributed by atoms with Gasteiger partial charge in [0.1, 0.15) is 0 Å². The molecule has 0 atom stereocenters. The molecule has 62 valence electrons. The van der Waals surface area contributed by atoms with Gasteiger partial charge in [-0.25, -0.2) is 4.79 Å². The van der Waals surface area contributed by atoms with E-state index >= 15 is 0 Å². The Morgan fingerprint density at radius 3 is 2.00 bits per heavy atom. The van der Waals surface area contributed by atoms with Gasteiger partial charge in [0.2, 0.25) is 0 Å². The Labute approximate surface area is 64.5 Å². The molecule has 0 saturated carbocycles. The van der Waals surface area contributed by atoms with Crippen LogP contribution in [0.4, 0.5) is 0 Å². The first-order valence-corrected chi connectivity index (χ1v) is 2.99. The predicted octanol–water partition coefficient (Wildman–Crippen LogP) is 0.580. The minimum atomic E-state index is -0.697. The largest absolute Gasteiger partial charge is 0.504 e. The standard InChI is InChI=1S/C7H10O4/c1-4(7(10)11-3)6(9)5(2)8/h9H,1-3H3/b6-4-. The number of methoxy groups -OCH3 is 1. The molecule has 0 unspecified atom stereocenters. The van der Waals surface area contributed by atoms with Crippen molar-refractivity contribution in [3.05, 3.63) is 11.3 Å². The molecule has 0 heterocycles. The van der Waals surface area contributed by atoms with Gasteiger partial charge in [0.25, 0.3) is 0 Å². The van der Waals surface area contributed by atoms with Gasteiger partial charge >= 0.3 is 5.97 Å². The van der Waals surface area contributed by atoms with Gasteiger partial charge in [-0.3, -0.25) is 4.79 Å². The quantitative estimate of drug-likeness (QED) is 0.362. The van der Waals surface area contributed by atoms with Crippen LogP contribution in [-0.4, -0.2) is 24.0 Å². The molecule has 0 aliphatic carbocycles. The Kier molecular flexibility index (Phi) is 3.30. The molecular weight excluding hydrogens is 148 g/mol. The lowest BCUT2D eigenvalue weighted by Crippen LogP contribution is -2.08. The lowest BCUT2D eigenvalue weighted by Gasteiger charge is -1.99. The fraction of sp³-hybridized carbons (Fsp3) is 0.429. The van der Waals surface area contributed by atoms with Gasteiger partial charge in [-0.05, 0) is 6.92 Å². The van der Waals surface area contributed by atoms with Crippen molar-refractivity contribution in [1.82, 2.24) is 0 Å². The summed E-state index contributed by atoms with van der Waals surface area (Å²) in [6.45, 7) is 2.49. The fourth-order valence-electron chi connectivity index (χ4n) is 0.514. The molecule has 0 fully saturated rings. The molecule has 0 amide bonds. The molecule has 0 radical (unpaired) electrons. The van der Waals surface area contributed by atoms with Gasteiger partial charge in [0.15, 0.2) is 11.5 Å². The van der Waals surface area contributed by atoms with Crippen LogP contribution < -0.4 is 0 Å². The van der Waals surface area contributed by atoms with Crippen LogP contribution in [0.5, 0.6) is 0 Å². The molecule has 4 heteroatoms. The molecule has 0 aromatic heterocycles. The second-order valence-electron chi connectivity index (χ2n) is 2.02. The van der Waals surface area contributed by atoms with Crippen molar-refractivity contribution in [3.63, 3.8) is 0 Å². The highest BCUT2D eigenvalue weighted by Crippen LogP contribution is 2.02. The molecule has 0 aromatic rings. The number of aliphatic hydroxyl groups is 1. The molecule has 1 N–H and O–H groups in total. The average Bonchev–Trinajstić information content (AvgIpc) is 2.00. The van der Waals surface area contributed by atoms with Crippen LogP contribution in [-0.2, 0) is 14.3 Å². The number of carbonyl (C=O) groups excluding carboxylic acids is 2. The summed E-state index contributed by atoms with van der Waals surface area (Å²) in [5.74, 6) is -1.79. The van der Waals surface area contributed by atoms with Crippen LogP contribution in [0.3, 0.4) is 0 Å². The first kappa shape index (κ1) is 9.68. The molecule has 0 spiro atoms. The Morgan fingerprint density at radius 2 is 1.73 bits per heavy atom. The normalized spacial score (nSPS) is 11.9. The molecule has 4 nitrogen and oxygen atoms in total. The smallest absolute Gasteiger partial charge is 0.337 e. The highest BCUT2D eigenvalue weighted by Gasteiger charge is 2.12. The van der Waals surface area contributed by atoms with Crippen molar-refractivity contribution < 1.29 is 19.4 Å². The highest BCUT2D eigenvalue weighted by molar-refractivity contribution is 6.00. The summed E-state index contributed by atoms with van der Waals surface area (Å²) < 4.78 is 4.27. The Morgan fingerprint density at radius 1 is 1.27 bits per heavy atom.